The molecule has 0 aliphatic carbocycles. The van der Waals surface area contributed by atoms with Crippen molar-refractivity contribution >= 4 is 5.91 Å². The van der Waals surface area contributed by atoms with Crippen LogP contribution in [0.4, 0.5) is 0 Å². The first kappa shape index (κ1) is 12.1. The first-order valence-electron chi connectivity index (χ1n) is 5.49. The van der Waals surface area contributed by atoms with Crippen molar-refractivity contribution in [1.82, 2.24) is 4.90 Å². The van der Waals surface area contributed by atoms with Crippen molar-refractivity contribution in [2.75, 3.05) is 20.2 Å². The minimum Gasteiger partial charge on any atom is -0.378 e. The third-order valence-electron chi connectivity index (χ3n) is 2.88. The fourth-order valence-electron chi connectivity index (χ4n) is 1.92. The van der Waals surface area contributed by atoms with Crippen LogP contribution in [0.3, 0.4) is 0 Å². The van der Waals surface area contributed by atoms with Gasteiger partial charge in [-0.3, -0.25) is 4.79 Å². The van der Waals surface area contributed by atoms with Crippen LogP contribution >= 0.6 is 0 Å². The molecule has 3 nitrogen and oxygen atoms in total. The molecule has 0 aromatic carbocycles. The molecule has 1 fully saturated rings. The number of ether oxygens (including phenoxy) is 1. The summed E-state index contributed by atoms with van der Waals surface area (Å²) in [6.07, 6.45) is 8.06. The van der Waals surface area contributed by atoms with Crippen molar-refractivity contribution < 1.29 is 9.53 Å². The fourth-order valence-corrected chi connectivity index (χ4v) is 1.92. The van der Waals surface area contributed by atoms with Gasteiger partial charge in [0.2, 0.25) is 5.91 Å². The average Bonchev–Trinajstić information content (AvgIpc) is 2.28. The largest absolute Gasteiger partial charge is 0.378 e. The van der Waals surface area contributed by atoms with Crippen LogP contribution in [0.1, 0.15) is 26.2 Å². The number of carbonyl (C=O) groups excluding carboxylic acids is 1. The highest BCUT2D eigenvalue weighted by Crippen LogP contribution is 2.23. The summed E-state index contributed by atoms with van der Waals surface area (Å²) in [4.78, 5) is 13.6. The van der Waals surface area contributed by atoms with Gasteiger partial charge in [0.1, 0.15) is 0 Å². The Morgan fingerprint density at radius 2 is 2.40 bits per heavy atom. The Hall–Kier alpha value is -1.01. The summed E-state index contributed by atoms with van der Waals surface area (Å²) in [5.41, 5.74) is 0. The van der Waals surface area contributed by atoms with E-state index in [0.29, 0.717) is 13.2 Å². The maximum atomic E-state index is 11.9. The standard InChI is InChI=1S/C12H19NO2/c1-4-7-13(3)12(14)10-6-8-15-11(5-2)9-10/h1,10-11H,5-9H2,2-3H3/t10-,11+/m1/s1. The van der Waals surface area contributed by atoms with Crippen LogP contribution < -0.4 is 0 Å². The zero-order valence-corrected chi connectivity index (χ0v) is 9.53. The average molecular weight is 209 g/mol. The summed E-state index contributed by atoms with van der Waals surface area (Å²) < 4.78 is 5.54. The molecule has 15 heavy (non-hydrogen) atoms. The molecule has 0 N–H and O–H groups in total. The van der Waals surface area contributed by atoms with Crippen LogP contribution in [0, 0.1) is 18.3 Å². The molecule has 0 spiro atoms. The number of hydrogen-bond acceptors (Lipinski definition) is 2. The monoisotopic (exact) mass is 209 g/mol. The molecule has 3 heteroatoms. The van der Waals surface area contributed by atoms with E-state index in [0.717, 1.165) is 19.3 Å². The Kier molecular flexibility index (Phi) is 4.64. The lowest BCUT2D eigenvalue weighted by atomic mass is 9.93. The van der Waals surface area contributed by atoms with Gasteiger partial charge < -0.3 is 9.64 Å². The summed E-state index contributed by atoms with van der Waals surface area (Å²) in [7, 11) is 1.76. The zero-order chi connectivity index (χ0) is 11.3. The highest BCUT2D eigenvalue weighted by molar-refractivity contribution is 5.78. The predicted octanol–water partition coefficient (Wildman–Crippen LogP) is 1.28. The lowest BCUT2D eigenvalue weighted by Gasteiger charge is -2.30. The van der Waals surface area contributed by atoms with Crippen LogP contribution in [0.5, 0.6) is 0 Å². The number of rotatable bonds is 3. The van der Waals surface area contributed by atoms with E-state index in [4.69, 9.17) is 11.2 Å². The lowest BCUT2D eigenvalue weighted by molar-refractivity contribution is -0.138. The van der Waals surface area contributed by atoms with E-state index in [2.05, 4.69) is 12.8 Å². The molecule has 1 saturated heterocycles. The minimum atomic E-state index is 0.0991. The molecular weight excluding hydrogens is 190 g/mol. The normalized spacial score (nSPS) is 25.7. The first-order chi connectivity index (χ1) is 7.19. The van der Waals surface area contributed by atoms with E-state index in [1.54, 1.807) is 11.9 Å². The van der Waals surface area contributed by atoms with Crippen LogP contribution in [-0.4, -0.2) is 37.1 Å². The van der Waals surface area contributed by atoms with Gasteiger partial charge in [0, 0.05) is 19.6 Å². The van der Waals surface area contributed by atoms with Gasteiger partial charge in [-0.05, 0) is 19.3 Å². The van der Waals surface area contributed by atoms with Crippen molar-refractivity contribution in [2.45, 2.75) is 32.3 Å². The number of hydrogen-bond donors (Lipinski definition) is 0. The molecule has 0 unspecified atom stereocenters. The summed E-state index contributed by atoms with van der Waals surface area (Å²) in [6, 6.07) is 0. The third kappa shape index (κ3) is 3.24. The molecule has 1 aliphatic rings. The molecule has 0 radical (unpaired) electrons. The van der Waals surface area contributed by atoms with Crippen molar-refractivity contribution in [3.8, 4) is 12.3 Å². The highest BCUT2D eigenvalue weighted by Gasteiger charge is 2.28. The van der Waals surface area contributed by atoms with E-state index in [9.17, 15) is 4.79 Å². The van der Waals surface area contributed by atoms with Crippen LogP contribution in [0.2, 0.25) is 0 Å². The van der Waals surface area contributed by atoms with Gasteiger partial charge in [0.15, 0.2) is 0 Å². The maximum Gasteiger partial charge on any atom is 0.226 e. The lowest BCUT2D eigenvalue weighted by Crippen LogP contribution is -2.38. The van der Waals surface area contributed by atoms with Crippen molar-refractivity contribution in [2.24, 2.45) is 5.92 Å². The molecule has 84 valence electrons. The summed E-state index contributed by atoms with van der Waals surface area (Å²) in [6.45, 7) is 3.18. The van der Waals surface area contributed by atoms with E-state index < -0.39 is 0 Å². The van der Waals surface area contributed by atoms with Gasteiger partial charge in [-0.1, -0.05) is 12.8 Å². The number of nitrogens with zero attached hydrogens (tertiary/aromatic N) is 1. The zero-order valence-electron chi connectivity index (χ0n) is 9.53. The van der Waals surface area contributed by atoms with Gasteiger partial charge >= 0.3 is 0 Å². The second-order valence-electron chi connectivity index (χ2n) is 4.02. The van der Waals surface area contributed by atoms with E-state index in [1.807, 2.05) is 0 Å². The SMILES string of the molecule is C#CCN(C)C(=O)[C@@H]1CCO[C@@H](CC)C1. The molecular formula is C12H19NO2. The van der Waals surface area contributed by atoms with Crippen molar-refractivity contribution in [3.63, 3.8) is 0 Å². The number of amides is 1. The third-order valence-corrected chi connectivity index (χ3v) is 2.88. The number of terminal acetylenes is 1. The van der Waals surface area contributed by atoms with Crippen LogP contribution in [0.15, 0.2) is 0 Å². The maximum absolute atomic E-state index is 11.9. The Morgan fingerprint density at radius 1 is 1.67 bits per heavy atom. The number of carbonyl (C=O) groups is 1. The van der Waals surface area contributed by atoms with Gasteiger partial charge in [-0.25, -0.2) is 0 Å². The molecule has 0 aromatic heterocycles. The topological polar surface area (TPSA) is 29.5 Å². The molecule has 0 saturated carbocycles. The Morgan fingerprint density at radius 3 is 3.00 bits per heavy atom. The molecule has 1 amide bonds. The predicted molar refractivity (Wildman–Crippen MR) is 59.2 cm³/mol. The van der Waals surface area contributed by atoms with Crippen molar-refractivity contribution in [1.29, 1.82) is 0 Å². The van der Waals surface area contributed by atoms with Gasteiger partial charge in [-0.15, -0.1) is 6.42 Å². The second-order valence-corrected chi connectivity index (χ2v) is 4.02. The Labute approximate surface area is 91.8 Å². The Bertz CT molecular complexity index is 257. The summed E-state index contributed by atoms with van der Waals surface area (Å²) in [5.74, 6) is 2.75. The fraction of sp³-hybridized carbons (Fsp3) is 0.750. The van der Waals surface area contributed by atoms with Gasteiger partial charge in [0.05, 0.1) is 12.6 Å². The van der Waals surface area contributed by atoms with E-state index in [1.165, 1.54) is 0 Å². The highest BCUT2D eigenvalue weighted by atomic mass is 16.5. The Balaban J connectivity index is 2.49. The quantitative estimate of drug-likeness (QED) is 0.655. The minimum absolute atomic E-state index is 0.0991. The molecule has 2 atom stereocenters. The second kappa shape index (κ2) is 5.77. The molecule has 0 aromatic rings. The first-order valence-corrected chi connectivity index (χ1v) is 5.49. The molecule has 1 heterocycles. The van der Waals surface area contributed by atoms with Gasteiger partial charge in [-0.2, -0.15) is 0 Å². The van der Waals surface area contributed by atoms with Gasteiger partial charge in [0.25, 0.3) is 0 Å². The van der Waals surface area contributed by atoms with E-state index >= 15 is 0 Å². The summed E-state index contributed by atoms with van der Waals surface area (Å²) >= 11 is 0. The molecule has 0 bridgehead atoms. The van der Waals surface area contributed by atoms with Crippen LogP contribution in [-0.2, 0) is 9.53 Å². The van der Waals surface area contributed by atoms with Crippen LogP contribution in [0.25, 0.3) is 0 Å². The summed E-state index contributed by atoms with van der Waals surface area (Å²) in [5, 5.41) is 0. The molecule has 1 aliphatic heterocycles. The smallest absolute Gasteiger partial charge is 0.226 e. The van der Waals surface area contributed by atoms with Crippen molar-refractivity contribution in [3.05, 3.63) is 0 Å². The molecule has 1 rings (SSSR count). The van der Waals surface area contributed by atoms with E-state index in [-0.39, 0.29) is 17.9 Å².